The van der Waals surface area contributed by atoms with Gasteiger partial charge in [0, 0.05) is 39.8 Å². The molecule has 2 N–H and O–H groups in total. The SMILES string of the molecule is C=C(C)C(=O)OCCOC(=O)NCC(C)CC(C)(C)CC(NC(=O)OCCOC(=O)C(=C)C)c1cc(C(C)(C)c2ccc(OC(=O)C(=C)C)cc2)ccc1OC(=O)C(=C)C. The molecule has 2 aromatic rings. The van der Waals surface area contributed by atoms with Gasteiger partial charge in [-0.05, 0) is 87.3 Å². The van der Waals surface area contributed by atoms with Crippen molar-refractivity contribution in [1.82, 2.24) is 10.6 Å². The van der Waals surface area contributed by atoms with Gasteiger partial charge in [0.1, 0.15) is 37.9 Å². The summed E-state index contributed by atoms with van der Waals surface area (Å²) >= 11 is 0. The molecule has 326 valence electrons. The van der Waals surface area contributed by atoms with Gasteiger partial charge < -0.3 is 39.1 Å². The minimum atomic E-state index is -0.810. The van der Waals surface area contributed by atoms with Crippen molar-refractivity contribution in [2.24, 2.45) is 11.3 Å². The molecule has 2 rings (SSSR count). The molecule has 2 amide bonds. The fraction of sp³-hybridized carbons (Fsp3) is 0.435. The second-order valence-electron chi connectivity index (χ2n) is 16.1. The first-order chi connectivity index (χ1) is 27.9. The highest BCUT2D eigenvalue weighted by Crippen LogP contribution is 2.41. The molecular weight excluding hydrogens is 773 g/mol. The number of nitrogens with one attached hydrogen (secondary N) is 2. The highest BCUT2D eigenvalue weighted by Gasteiger charge is 2.32. The molecule has 2 unspecified atom stereocenters. The van der Waals surface area contributed by atoms with Gasteiger partial charge in [-0.2, -0.15) is 0 Å². The molecule has 0 aromatic heterocycles. The van der Waals surface area contributed by atoms with Gasteiger partial charge >= 0.3 is 36.1 Å². The molecule has 0 aliphatic carbocycles. The van der Waals surface area contributed by atoms with Crippen LogP contribution in [0, 0.1) is 11.3 Å². The van der Waals surface area contributed by atoms with Crippen molar-refractivity contribution in [3.8, 4) is 11.5 Å². The van der Waals surface area contributed by atoms with E-state index in [4.69, 9.17) is 28.4 Å². The number of hydrogen-bond acceptors (Lipinski definition) is 12. The Hall–Kier alpha value is -6.18. The summed E-state index contributed by atoms with van der Waals surface area (Å²) in [5.74, 6) is -1.93. The van der Waals surface area contributed by atoms with Crippen LogP contribution in [-0.4, -0.2) is 69.0 Å². The Bertz CT molecular complexity index is 1940. The van der Waals surface area contributed by atoms with Crippen LogP contribution in [0.1, 0.15) is 97.9 Å². The number of rotatable bonds is 22. The number of esters is 4. The highest BCUT2D eigenvalue weighted by atomic mass is 16.6. The minimum Gasteiger partial charge on any atom is -0.459 e. The van der Waals surface area contributed by atoms with Crippen molar-refractivity contribution >= 4 is 36.1 Å². The lowest BCUT2D eigenvalue weighted by Gasteiger charge is -2.34. The van der Waals surface area contributed by atoms with Crippen LogP contribution < -0.4 is 20.1 Å². The lowest BCUT2D eigenvalue weighted by Crippen LogP contribution is -2.35. The van der Waals surface area contributed by atoms with Gasteiger partial charge in [0.25, 0.3) is 0 Å². The molecule has 2 atom stereocenters. The van der Waals surface area contributed by atoms with E-state index in [1.165, 1.54) is 20.8 Å². The van der Waals surface area contributed by atoms with E-state index < -0.39 is 52.9 Å². The summed E-state index contributed by atoms with van der Waals surface area (Å²) in [6.07, 6.45) is -0.620. The Labute approximate surface area is 353 Å². The zero-order chi connectivity index (χ0) is 45.4. The Morgan fingerprint density at radius 3 is 1.58 bits per heavy atom. The molecule has 60 heavy (non-hydrogen) atoms. The number of hydrogen-bond donors (Lipinski definition) is 2. The number of amides is 2. The quantitative estimate of drug-likeness (QED) is 0.0383. The average Bonchev–Trinajstić information content (AvgIpc) is 3.16. The molecular formula is C46H60N2O12. The van der Waals surface area contributed by atoms with Crippen LogP contribution >= 0.6 is 0 Å². The topological polar surface area (TPSA) is 182 Å². The number of carbonyl (C=O) groups excluding carboxylic acids is 6. The number of carbonyl (C=O) groups is 6. The van der Waals surface area contributed by atoms with Gasteiger partial charge in [-0.1, -0.05) is 79.1 Å². The first-order valence-electron chi connectivity index (χ1n) is 19.4. The van der Waals surface area contributed by atoms with Crippen LogP contribution in [0.4, 0.5) is 9.59 Å². The maximum atomic E-state index is 13.4. The van der Waals surface area contributed by atoms with Crippen LogP contribution in [-0.2, 0) is 43.5 Å². The lowest BCUT2D eigenvalue weighted by atomic mass is 9.75. The third-order valence-corrected chi connectivity index (χ3v) is 9.13. The molecule has 0 fully saturated rings. The van der Waals surface area contributed by atoms with Gasteiger partial charge in [0.2, 0.25) is 0 Å². The van der Waals surface area contributed by atoms with Gasteiger partial charge in [-0.3, -0.25) is 0 Å². The largest absolute Gasteiger partial charge is 0.459 e. The lowest BCUT2D eigenvalue weighted by molar-refractivity contribution is -0.140. The molecule has 0 spiro atoms. The normalized spacial score (nSPS) is 12.1. The van der Waals surface area contributed by atoms with E-state index in [-0.39, 0.29) is 66.9 Å². The molecule has 0 saturated carbocycles. The summed E-state index contributed by atoms with van der Waals surface area (Å²) < 4.78 is 31.8. The van der Waals surface area contributed by atoms with E-state index in [0.29, 0.717) is 24.2 Å². The van der Waals surface area contributed by atoms with E-state index in [1.54, 1.807) is 25.1 Å². The molecule has 0 bridgehead atoms. The van der Waals surface area contributed by atoms with Crippen molar-refractivity contribution in [2.75, 3.05) is 33.0 Å². The zero-order valence-corrected chi connectivity index (χ0v) is 36.4. The Morgan fingerprint density at radius 1 is 0.600 bits per heavy atom. The molecule has 0 saturated heterocycles. The summed E-state index contributed by atoms with van der Waals surface area (Å²) in [5, 5.41) is 5.67. The van der Waals surface area contributed by atoms with Crippen LogP contribution in [0.25, 0.3) is 0 Å². The first-order valence-corrected chi connectivity index (χ1v) is 19.4. The van der Waals surface area contributed by atoms with Crippen molar-refractivity contribution < 1.29 is 57.2 Å². The van der Waals surface area contributed by atoms with Crippen molar-refractivity contribution in [2.45, 2.75) is 86.6 Å². The van der Waals surface area contributed by atoms with Crippen LogP contribution in [0.2, 0.25) is 0 Å². The Balaban J connectivity index is 2.47. The van der Waals surface area contributed by atoms with Gasteiger partial charge in [0.05, 0.1) is 6.04 Å². The molecule has 0 radical (unpaired) electrons. The maximum Gasteiger partial charge on any atom is 0.407 e. The molecule has 0 aliphatic rings. The fourth-order valence-electron chi connectivity index (χ4n) is 5.96. The molecule has 14 nitrogen and oxygen atoms in total. The second-order valence-corrected chi connectivity index (χ2v) is 16.1. The van der Waals surface area contributed by atoms with Crippen molar-refractivity contribution in [3.63, 3.8) is 0 Å². The average molecular weight is 833 g/mol. The van der Waals surface area contributed by atoms with Gasteiger partial charge in [-0.15, -0.1) is 0 Å². The van der Waals surface area contributed by atoms with Crippen LogP contribution in [0.5, 0.6) is 11.5 Å². The van der Waals surface area contributed by atoms with E-state index in [9.17, 15) is 28.8 Å². The van der Waals surface area contributed by atoms with E-state index in [2.05, 4.69) is 36.9 Å². The van der Waals surface area contributed by atoms with E-state index in [1.807, 2.05) is 58.9 Å². The first kappa shape index (κ1) is 50.0. The summed E-state index contributed by atoms with van der Waals surface area (Å²) in [4.78, 5) is 74.3. The Morgan fingerprint density at radius 2 is 1.07 bits per heavy atom. The standard InChI is InChI=1S/C46H60N2O12/c1-28(2)39(49)55-20-22-57-43(53)47-27-32(9)25-45(10,11)26-37(48-44(54)58-23-21-56-40(50)29(3)4)36-24-34(16-19-38(36)60-42(52)31(7)8)46(12,13)33-14-17-35(18-15-33)59-41(51)30(5)6/h14-19,24,32,37H,1,3,5,7,20-23,25-27H2,2,4,6,8-13H3,(H,47,53)(H,48,54). The minimum absolute atomic E-state index is 0.0759. The highest BCUT2D eigenvalue weighted by molar-refractivity contribution is 5.89. The zero-order valence-electron chi connectivity index (χ0n) is 36.4. The smallest absolute Gasteiger partial charge is 0.407 e. The molecule has 0 aliphatic heterocycles. The summed E-state index contributed by atoms with van der Waals surface area (Å²) in [6, 6.07) is 11.6. The molecule has 0 heterocycles. The second kappa shape index (κ2) is 22.8. The summed E-state index contributed by atoms with van der Waals surface area (Å²) in [5.41, 5.74) is 1.84. The number of benzene rings is 2. The van der Waals surface area contributed by atoms with Gasteiger partial charge in [0.15, 0.2) is 0 Å². The van der Waals surface area contributed by atoms with Crippen LogP contribution in [0.15, 0.2) is 91.1 Å². The predicted molar refractivity (Wildman–Crippen MR) is 226 cm³/mol. The Kier molecular flexibility index (Phi) is 19.0. The maximum absolute atomic E-state index is 13.4. The molecule has 14 heteroatoms. The number of alkyl carbamates (subject to hydrolysis) is 2. The third-order valence-electron chi connectivity index (χ3n) is 9.13. The van der Waals surface area contributed by atoms with Crippen molar-refractivity contribution in [1.29, 1.82) is 0 Å². The van der Waals surface area contributed by atoms with Crippen molar-refractivity contribution in [3.05, 3.63) is 108 Å². The summed E-state index contributed by atoms with van der Waals surface area (Å²) in [6.45, 7) is 30.0. The third kappa shape index (κ3) is 16.6. The van der Waals surface area contributed by atoms with E-state index in [0.717, 1.165) is 11.1 Å². The van der Waals surface area contributed by atoms with Gasteiger partial charge in [-0.25, -0.2) is 28.8 Å². The van der Waals surface area contributed by atoms with E-state index >= 15 is 0 Å². The fourth-order valence-corrected chi connectivity index (χ4v) is 5.96. The predicted octanol–water partition coefficient (Wildman–Crippen LogP) is 8.15. The number of ether oxygens (including phenoxy) is 6. The summed E-state index contributed by atoms with van der Waals surface area (Å²) in [7, 11) is 0. The molecule has 2 aromatic carbocycles. The monoisotopic (exact) mass is 832 g/mol. The van der Waals surface area contributed by atoms with Crippen LogP contribution in [0.3, 0.4) is 0 Å².